The molecule has 33 heavy (non-hydrogen) atoms. The normalized spacial score (nSPS) is 11.5. The van der Waals surface area contributed by atoms with Crippen LogP contribution in [0.5, 0.6) is 11.5 Å². The van der Waals surface area contributed by atoms with Crippen LogP contribution in [0.3, 0.4) is 0 Å². The van der Waals surface area contributed by atoms with Crippen LogP contribution in [-0.2, 0) is 6.54 Å². The average Bonchev–Trinajstić information content (AvgIpc) is 2.88. The van der Waals surface area contributed by atoms with Crippen molar-refractivity contribution in [2.45, 2.75) is 6.54 Å². The lowest BCUT2D eigenvalue weighted by molar-refractivity contribution is -0.635. The number of pyridine rings is 1. The van der Waals surface area contributed by atoms with Crippen LogP contribution < -0.4 is 14.0 Å². The molecule has 0 bridgehead atoms. The van der Waals surface area contributed by atoms with E-state index in [1.54, 1.807) is 14.2 Å². The zero-order valence-corrected chi connectivity index (χ0v) is 18.7. The van der Waals surface area contributed by atoms with E-state index in [9.17, 15) is 0 Å². The van der Waals surface area contributed by atoms with Crippen LogP contribution >= 0.6 is 0 Å². The van der Waals surface area contributed by atoms with Gasteiger partial charge in [-0.2, -0.15) is 4.57 Å². The quantitative estimate of drug-likeness (QED) is 0.177. The molecule has 3 heteroatoms. The summed E-state index contributed by atoms with van der Waals surface area (Å²) in [5.41, 5.74) is 3.72. The van der Waals surface area contributed by atoms with Crippen molar-refractivity contribution in [1.82, 2.24) is 0 Å². The van der Waals surface area contributed by atoms with Gasteiger partial charge in [0, 0.05) is 17.7 Å². The number of benzene rings is 5. The zero-order chi connectivity index (χ0) is 22.4. The van der Waals surface area contributed by atoms with E-state index in [1.807, 2.05) is 12.1 Å². The molecule has 0 N–H and O–H groups in total. The van der Waals surface area contributed by atoms with Gasteiger partial charge in [0.05, 0.1) is 25.0 Å². The molecule has 0 fully saturated rings. The summed E-state index contributed by atoms with van der Waals surface area (Å²) in [6, 6.07) is 34.5. The Bertz CT molecular complexity index is 1550. The minimum absolute atomic E-state index is 0.804. The third-order valence-corrected chi connectivity index (χ3v) is 6.55. The summed E-state index contributed by atoms with van der Waals surface area (Å²) in [7, 11) is 3.42. The highest BCUT2D eigenvalue weighted by atomic mass is 16.5. The number of hydrogen-bond donors (Lipinski definition) is 0. The summed E-state index contributed by atoms with van der Waals surface area (Å²) >= 11 is 0. The van der Waals surface area contributed by atoms with Crippen molar-refractivity contribution in [3.8, 4) is 11.5 Å². The van der Waals surface area contributed by atoms with Gasteiger partial charge < -0.3 is 9.47 Å². The van der Waals surface area contributed by atoms with E-state index in [4.69, 9.17) is 9.47 Å². The Morgan fingerprint density at radius 1 is 0.545 bits per heavy atom. The van der Waals surface area contributed by atoms with E-state index in [2.05, 4.69) is 89.5 Å². The Labute approximate surface area is 192 Å². The van der Waals surface area contributed by atoms with Crippen molar-refractivity contribution in [1.29, 1.82) is 0 Å². The van der Waals surface area contributed by atoms with Crippen LogP contribution in [0, 0.1) is 0 Å². The van der Waals surface area contributed by atoms with E-state index in [0.29, 0.717) is 0 Å². The van der Waals surface area contributed by atoms with Crippen LogP contribution in [-0.4, -0.2) is 14.2 Å². The molecule has 0 aliphatic carbocycles. The van der Waals surface area contributed by atoms with E-state index < -0.39 is 0 Å². The fourth-order valence-electron chi connectivity index (χ4n) is 4.88. The second-order valence-electron chi connectivity index (χ2n) is 8.39. The summed E-state index contributed by atoms with van der Waals surface area (Å²) in [6.45, 7) is 0.804. The molecule has 160 valence electrons. The topological polar surface area (TPSA) is 22.3 Å². The lowest BCUT2D eigenvalue weighted by atomic mass is 9.99. The van der Waals surface area contributed by atoms with Gasteiger partial charge in [0.1, 0.15) is 11.5 Å². The van der Waals surface area contributed by atoms with Gasteiger partial charge in [0.25, 0.3) is 0 Å². The Morgan fingerprint density at radius 3 is 1.61 bits per heavy atom. The Kier molecular flexibility index (Phi) is 4.62. The maximum atomic E-state index is 5.47. The van der Waals surface area contributed by atoms with Crippen LogP contribution in [0.4, 0.5) is 0 Å². The van der Waals surface area contributed by atoms with Crippen molar-refractivity contribution in [3.63, 3.8) is 0 Å². The van der Waals surface area contributed by atoms with Crippen LogP contribution in [0.15, 0.2) is 97.1 Å². The monoisotopic (exact) mass is 430 g/mol. The zero-order valence-electron chi connectivity index (χ0n) is 18.7. The summed E-state index contributed by atoms with van der Waals surface area (Å²) < 4.78 is 13.4. The molecular formula is C30H24NO2+. The molecule has 1 heterocycles. The van der Waals surface area contributed by atoms with Gasteiger partial charge in [-0.25, -0.2) is 0 Å². The van der Waals surface area contributed by atoms with Gasteiger partial charge in [-0.05, 0) is 76.1 Å². The number of rotatable bonds is 4. The van der Waals surface area contributed by atoms with Crippen molar-refractivity contribution in [2.24, 2.45) is 0 Å². The van der Waals surface area contributed by atoms with Gasteiger partial charge >= 0.3 is 0 Å². The minimum Gasteiger partial charge on any atom is -0.497 e. The van der Waals surface area contributed by atoms with Gasteiger partial charge in [0.2, 0.25) is 11.0 Å². The van der Waals surface area contributed by atoms with Crippen LogP contribution in [0.2, 0.25) is 0 Å². The highest BCUT2D eigenvalue weighted by molar-refractivity contribution is 6.13. The number of aromatic nitrogens is 1. The Morgan fingerprint density at radius 2 is 1.09 bits per heavy atom. The molecule has 6 rings (SSSR count). The molecule has 0 aliphatic heterocycles. The molecule has 5 aromatic carbocycles. The van der Waals surface area contributed by atoms with Crippen LogP contribution in [0.25, 0.3) is 43.4 Å². The lowest BCUT2D eigenvalue weighted by Crippen LogP contribution is -2.36. The summed E-state index contributed by atoms with van der Waals surface area (Å²) in [5, 5.41) is 7.28. The molecule has 0 atom stereocenters. The lowest BCUT2D eigenvalue weighted by Gasteiger charge is -2.11. The average molecular weight is 431 g/mol. The van der Waals surface area contributed by atoms with Gasteiger partial charge in [-0.3, -0.25) is 0 Å². The molecule has 3 nitrogen and oxygen atoms in total. The fourth-order valence-corrected chi connectivity index (χ4v) is 4.88. The smallest absolute Gasteiger partial charge is 0.213 e. The maximum absolute atomic E-state index is 5.47. The van der Waals surface area contributed by atoms with Gasteiger partial charge in [-0.1, -0.05) is 30.3 Å². The molecule has 0 radical (unpaired) electrons. The first-order chi connectivity index (χ1) is 16.2. The van der Waals surface area contributed by atoms with E-state index >= 15 is 0 Å². The summed E-state index contributed by atoms with van der Waals surface area (Å²) in [4.78, 5) is 0. The number of hydrogen-bond acceptors (Lipinski definition) is 2. The second-order valence-corrected chi connectivity index (χ2v) is 8.39. The fraction of sp³-hybridized carbons (Fsp3) is 0.100. The van der Waals surface area contributed by atoms with Gasteiger partial charge in [-0.15, -0.1) is 0 Å². The number of ether oxygens (including phenoxy) is 2. The summed E-state index contributed by atoms with van der Waals surface area (Å²) in [5.74, 6) is 1.75. The number of methoxy groups -OCH3 is 2. The molecule has 0 aliphatic rings. The number of fused-ring (bicyclic) bond motifs is 6. The molecule has 0 unspecified atom stereocenters. The maximum Gasteiger partial charge on any atom is 0.213 e. The minimum atomic E-state index is 0.804. The van der Waals surface area contributed by atoms with E-state index in [1.165, 1.54) is 48.9 Å². The second kappa shape index (κ2) is 7.79. The Balaban J connectivity index is 1.74. The largest absolute Gasteiger partial charge is 0.497 e. The van der Waals surface area contributed by atoms with Crippen molar-refractivity contribution in [3.05, 3.63) is 103 Å². The van der Waals surface area contributed by atoms with Gasteiger partial charge in [0.15, 0.2) is 6.54 Å². The summed E-state index contributed by atoms with van der Waals surface area (Å²) in [6.07, 6.45) is 0. The van der Waals surface area contributed by atoms with Crippen LogP contribution in [0.1, 0.15) is 5.56 Å². The first-order valence-corrected chi connectivity index (χ1v) is 11.1. The molecule has 6 aromatic rings. The van der Waals surface area contributed by atoms with E-state index in [-0.39, 0.29) is 0 Å². The molecular weight excluding hydrogens is 406 g/mol. The molecule has 0 saturated heterocycles. The molecule has 0 amide bonds. The van der Waals surface area contributed by atoms with Crippen molar-refractivity contribution in [2.75, 3.05) is 14.2 Å². The third kappa shape index (κ3) is 3.25. The molecule has 0 spiro atoms. The Hall–Kier alpha value is -4.11. The first kappa shape index (κ1) is 19.6. The predicted molar refractivity (Wildman–Crippen MR) is 135 cm³/mol. The standard InChI is InChI=1S/C30H24NO2/c1-32-23-10-12-25-21(16-23)8-14-29-27(25)18-28-26-13-11-24(33-2)17-22(26)9-15-30(28)31(29)19-20-6-4-3-5-7-20/h3-18H,19H2,1-2H3/q+1. The number of nitrogens with zero attached hydrogens (tertiary/aromatic N) is 1. The first-order valence-electron chi connectivity index (χ1n) is 11.1. The third-order valence-electron chi connectivity index (χ3n) is 6.55. The molecule has 1 aromatic heterocycles. The highest BCUT2D eigenvalue weighted by Crippen LogP contribution is 2.33. The SMILES string of the molecule is COc1ccc2c(ccc3c2cc2c4ccc(OC)cc4ccc2[n+]3Cc2ccccc2)c1. The molecule has 0 saturated carbocycles. The van der Waals surface area contributed by atoms with Crippen molar-refractivity contribution >= 4 is 43.4 Å². The van der Waals surface area contributed by atoms with Crippen molar-refractivity contribution < 1.29 is 14.0 Å². The highest BCUT2D eigenvalue weighted by Gasteiger charge is 2.19. The van der Waals surface area contributed by atoms with E-state index in [0.717, 1.165) is 18.0 Å². The predicted octanol–water partition coefficient (Wildman–Crippen LogP) is 6.65.